The second kappa shape index (κ2) is 9.55. The Kier molecular flexibility index (Phi) is 5.26. The minimum Gasteiger partial charge on any atom is -0.456 e. The van der Waals surface area contributed by atoms with Crippen LogP contribution in [-0.4, -0.2) is 11.8 Å². The van der Waals surface area contributed by atoms with E-state index in [0.29, 0.717) is 0 Å². The standard InChI is InChI=1S/C45H30BN2O/c1-45(2)32-19-9-10-21-35(32)47-43-31(18-12-20-33(43)45)40-28-15-6-7-16-29(28)41-30-17-8-11-22-36(30)48-37-25-39-27(23-34(37)46-42(40)44(41)48)24-38(49-39)26-13-4-3-5-14-26/h3-25,47H,1-2H3. The first-order valence-electron chi connectivity index (χ1n) is 17.0. The van der Waals surface area contributed by atoms with Gasteiger partial charge in [0.2, 0.25) is 0 Å². The van der Waals surface area contributed by atoms with Crippen molar-refractivity contribution in [2.45, 2.75) is 19.3 Å². The van der Waals surface area contributed by atoms with Crippen molar-refractivity contribution in [3.05, 3.63) is 151 Å². The highest BCUT2D eigenvalue weighted by molar-refractivity contribution is 6.74. The van der Waals surface area contributed by atoms with Crippen LogP contribution in [0.2, 0.25) is 0 Å². The SMILES string of the molecule is CC1(C)c2ccccc2Nc2c(-c3c4c5c(c6ccccc36)c3ccccc3n5-c3cc5oc(-c6ccccc6)cc5cc3[B]4)cccc21. The molecule has 49 heavy (non-hydrogen) atoms. The van der Waals surface area contributed by atoms with Gasteiger partial charge in [0.25, 0.3) is 0 Å². The van der Waals surface area contributed by atoms with Crippen molar-refractivity contribution >= 4 is 73.1 Å². The second-order valence-electron chi connectivity index (χ2n) is 14.0. The Morgan fingerprint density at radius 1 is 0.673 bits per heavy atom. The molecule has 0 bridgehead atoms. The van der Waals surface area contributed by atoms with Gasteiger partial charge in [-0.3, -0.25) is 0 Å². The van der Waals surface area contributed by atoms with Gasteiger partial charge in [0.15, 0.2) is 7.28 Å². The van der Waals surface area contributed by atoms with Gasteiger partial charge in [0, 0.05) is 55.7 Å². The van der Waals surface area contributed by atoms with E-state index in [1.807, 2.05) is 6.07 Å². The van der Waals surface area contributed by atoms with Crippen molar-refractivity contribution in [2.75, 3.05) is 5.32 Å². The van der Waals surface area contributed by atoms with Crippen LogP contribution in [0.1, 0.15) is 25.0 Å². The Morgan fingerprint density at radius 2 is 1.41 bits per heavy atom. The summed E-state index contributed by atoms with van der Waals surface area (Å²) >= 11 is 0. The first-order valence-corrected chi connectivity index (χ1v) is 17.0. The van der Waals surface area contributed by atoms with Crippen LogP contribution in [0, 0.1) is 0 Å². The number of aromatic nitrogens is 1. The Labute approximate surface area is 284 Å². The molecule has 0 atom stereocenters. The molecule has 2 aliphatic rings. The fourth-order valence-electron chi connectivity index (χ4n) is 8.77. The molecule has 4 heterocycles. The normalized spacial score (nSPS) is 14.0. The lowest BCUT2D eigenvalue weighted by Crippen LogP contribution is -2.37. The molecule has 7 aromatic carbocycles. The Balaban J connectivity index is 1.25. The summed E-state index contributed by atoms with van der Waals surface area (Å²) in [6.45, 7) is 4.70. The summed E-state index contributed by atoms with van der Waals surface area (Å²) in [5, 5.41) is 10.1. The third kappa shape index (κ3) is 3.58. The molecule has 1 N–H and O–H groups in total. The monoisotopic (exact) mass is 625 g/mol. The first-order chi connectivity index (χ1) is 24.1. The van der Waals surface area contributed by atoms with Gasteiger partial charge in [-0.1, -0.05) is 135 Å². The van der Waals surface area contributed by atoms with E-state index >= 15 is 0 Å². The molecule has 0 saturated carbocycles. The van der Waals surface area contributed by atoms with Crippen LogP contribution < -0.4 is 16.2 Å². The predicted molar refractivity (Wildman–Crippen MR) is 206 cm³/mol. The summed E-state index contributed by atoms with van der Waals surface area (Å²) in [5.74, 6) is 0.884. The van der Waals surface area contributed by atoms with Crippen molar-refractivity contribution in [3.8, 4) is 28.1 Å². The molecule has 2 aromatic heterocycles. The number of furan rings is 1. The van der Waals surface area contributed by atoms with Gasteiger partial charge in [-0.05, 0) is 51.1 Å². The third-order valence-electron chi connectivity index (χ3n) is 11.0. The molecule has 2 aliphatic heterocycles. The van der Waals surface area contributed by atoms with Crippen LogP contribution >= 0.6 is 0 Å². The maximum Gasteiger partial charge on any atom is 0.197 e. The number of hydrogen-bond acceptors (Lipinski definition) is 2. The van der Waals surface area contributed by atoms with E-state index in [2.05, 4.69) is 164 Å². The molecule has 229 valence electrons. The lowest BCUT2D eigenvalue weighted by Gasteiger charge is -2.37. The predicted octanol–water partition coefficient (Wildman–Crippen LogP) is 10.4. The number of anilines is 2. The average molecular weight is 626 g/mol. The summed E-state index contributed by atoms with van der Waals surface area (Å²) in [6, 6.07) is 50.5. The third-order valence-corrected chi connectivity index (χ3v) is 11.0. The maximum atomic E-state index is 6.53. The Bertz CT molecular complexity index is 2860. The number of rotatable bonds is 2. The minimum atomic E-state index is -0.154. The number of nitrogens with one attached hydrogen (secondary N) is 1. The molecule has 0 aliphatic carbocycles. The van der Waals surface area contributed by atoms with Gasteiger partial charge in [-0.2, -0.15) is 0 Å². The smallest absolute Gasteiger partial charge is 0.197 e. The van der Waals surface area contributed by atoms with E-state index in [4.69, 9.17) is 4.42 Å². The van der Waals surface area contributed by atoms with Gasteiger partial charge in [0.05, 0.1) is 11.2 Å². The highest BCUT2D eigenvalue weighted by atomic mass is 16.3. The van der Waals surface area contributed by atoms with Crippen molar-refractivity contribution < 1.29 is 4.42 Å². The van der Waals surface area contributed by atoms with Gasteiger partial charge in [0.1, 0.15) is 11.3 Å². The lowest BCUT2D eigenvalue weighted by molar-refractivity contribution is 0.631. The van der Waals surface area contributed by atoms with Crippen LogP contribution in [0.5, 0.6) is 0 Å². The molecule has 4 heteroatoms. The number of benzene rings is 7. The first kappa shape index (κ1) is 27.0. The topological polar surface area (TPSA) is 30.1 Å². The van der Waals surface area contributed by atoms with E-state index in [0.717, 1.165) is 28.0 Å². The highest BCUT2D eigenvalue weighted by Gasteiger charge is 2.35. The Morgan fingerprint density at radius 3 is 2.29 bits per heavy atom. The van der Waals surface area contributed by atoms with Crippen molar-refractivity contribution in [1.82, 2.24) is 4.57 Å². The van der Waals surface area contributed by atoms with Crippen molar-refractivity contribution in [2.24, 2.45) is 0 Å². The summed E-state index contributed by atoms with van der Waals surface area (Å²) in [7, 11) is 2.42. The zero-order valence-electron chi connectivity index (χ0n) is 27.2. The molecule has 0 fully saturated rings. The fourth-order valence-corrected chi connectivity index (χ4v) is 8.77. The number of para-hydroxylation sites is 3. The molecule has 9 aromatic rings. The van der Waals surface area contributed by atoms with Crippen LogP contribution in [0.15, 0.2) is 144 Å². The van der Waals surface area contributed by atoms with E-state index in [1.54, 1.807) is 0 Å². The molecule has 0 saturated heterocycles. The van der Waals surface area contributed by atoms with Crippen molar-refractivity contribution in [1.29, 1.82) is 0 Å². The average Bonchev–Trinajstić information content (AvgIpc) is 3.71. The van der Waals surface area contributed by atoms with Crippen LogP contribution in [0.3, 0.4) is 0 Å². The zero-order valence-corrected chi connectivity index (χ0v) is 27.2. The quantitative estimate of drug-likeness (QED) is 0.194. The highest BCUT2D eigenvalue weighted by Crippen LogP contribution is 2.50. The molecule has 1 radical (unpaired) electrons. The molecule has 3 nitrogen and oxygen atoms in total. The van der Waals surface area contributed by atoms with Gasteiger partial charge in [-0.15, -0.1) is 0 Å². The lowest BCUT2D eigenvalue weighted by atomic mass is 9.58. The van der Waals surface area contributed by atoms with Crippen LogP contribution in [0.25, 0.3) is 71.7 Å². The number of hydrogen-bond donors (Lipinski definition) is 1. The van der Waals surface area contributed by atoms with Gasteiger partial charge >= 0.3 is 0 Å². The van der Waals surface area contributed by atoms with E-state index in [-0.39, 0.29) is 5.41 Å². The van der Waals surface area contributed by atoms with Crippen molar-refractivity contribution in [3.63, 3.8) is 0 Å². The maximum absolute atomic E-state index is 6.53. The number of fused-ring (bicyclic) bond motifs is 10. The fraction of sp³-hybridized carbons (Fsp3) is 0.0667. The molecule has 0 amide bonds. The van der Waals surface area contributed by atoms with Crippen LogP contribution in [0.4, 0.5) is 11.4 Å². The zero-order chi connectivity index (χ0) is 32.4. The van der Waals surface area contributed by atoms with E-state index < -0.39 is 0 Å². The summed E-state index contributed by atoms with van der Waals surface area (Å²) in [4.78, 5) is 0. The van der Waals surface area contributed by atoms with Gasteiger partial charge in [-0.25, -0.2) is 0 Å². The van der Waals surface area contributed by atoms with Crippen LogP contribution in [-0.2, 0) is 5.41 Å². The molecule has 11 rings (SSSR count). The summed E-state index contributed by atoms with van der Waals surface area (Å²) < 4.78 is 9.01. The largest absolute Gasteiger partial charge is 0.456 e. The Hall–Kier alpha value is -6.00. The molecule has 0 unspecified atom stereocenters. The summed E-state index contributed by atoms with van der Waals surface area (Å²) in [6.07, 6.45) is 0. The molecule has 0 spiro atoms. The van der Waals surface area contributed by atoms with E-state index in [9.17, 15) is 0 Å². The molecular weight excluding hydrogens is 595 g/mol. The van der Waals surface area contributed by atoms with E-state index in [1.165, 1.54) is 77.1 Å². The number of nitrogens with zero attached hydrogens (tertiary/aromatic N) is 1. The second-order valence-corrected chi connectivity index (χ2v) is 14.0. The molecular formula is C45H30BN2O. The van der Waals surface area contributed by atoms with Gasteiger partial charge < -0.3 is 14.3 Å². The minimum absolute atomic E-state index is 0.154. The summed E-state index contributed by atoms with van der Waals surface area (Å²) in [5.41, 5.74) is 15.3.